The van der Waals surface area contributed by atoms with E-state index >= 15 is 0 Å². The number of ether oxygens (including phenoxy) is 1. The van der Waals surface area contributed by atoms with Gasteiger partial charge in [-0.3, -0.25) is 4.68 Å². The van der Waals surface area contributed by atoms with Gasteiger partial charge in [-0.1, -0.05) is 6.92 Å². The molecule has 2 rings (SSSR count). The van der Waals surface area contributed by atoms with Crippen molar-refractivity contribution in [1.82, 2.24) is 20.1 Å². The number of aryl methyl sites for hydroxylation is 1. The van der Waals surface area contributed by atoms with Crippen LogP contribution >= 0.6 is 0 Å². The first kappa shape index (κ1) is 13.5. The first-order valence-corrected chi connectivity index (χ1v) is 6.91. The largest absolute Gasteiger partial charge is 0.378 e. The van der Waals surface area contributed by atoms with Crippen LogP contribution in [-0.4, -0.2) is 40.6 Å². The second kappa shape index (κ2) is 5.80. The molecule has 0 bridgehead atoms. The van der Waals surface area contributed by atoms with E-state index in [1.54, 1.807) is 6.33 Å². The van der Waals surface area contributed by atoms with Crippen LogP contribution in [0, 0.1) is 5.41 Å². The molecule has 1 aromatic heterocycles. The Bertz CT molecular complexity index is 379. The lowest BCUT2D eigenvalue weighted by molar-refractivity contribution is 0.0617. The van der Waals surface area contributed by atoms with E-state index in [1.165, 1.54) is 0 Å². The molecule has 2 unspecified atom stereocenters. The average molecular weight is 252 g/mol. The Morgan fingerprint density at radius 3 is 3.00 bits per heavy atom. The third-order valence-corrected chi connectivity index (χ3v) is 4.06. The van der Waals surface area contributed by atoms with Crippen LogP contribution in [0.15, 0.2) is 6.33 Å². The molecule has 0 amide bonds. The van der Waals surface area contributed by atoms with Crippen molar-refractivity contribution < 1.29 is 4.74 Å². The highest BCUT2D eigenvalue weighted by molar-refractivity contribution is 5.00. The molecule has 0 spiro atoms. The quantitative estimate of drug-likeness (QED) is 0.828. The third-order valence-electron chi connectivity index (χ3n) is 4.06. The summed E-state index contributed by atoms with van der Waals surface area (Å²) in [5.74, 6) is 1.08. The predicted octanol–water partition coefficient (Wildman–Crippen LogP) is 1.25. The fraction of sp³-hybridized carbons (Fsp3) is 0.846. The Morgan fingerprint density at radius 1 is 1.56 bits per heavy atom. The van der Waals surface area contributed by atoms with E-state index in [0.717, 1.165) is 44.9 Å². The molecule has 102 valence electrons. The summed E-state index contributed by atoms with van der Waals surface area (Å²) in [6.07, 6.45) is 3.96. The molecular formula is C13H24N4O. The van der Waals surface area contributed by atoms with E-state index in [-0.39, 0.29) is 11.5 Å². The zero-order valence-corrected chi connectivity index (χ0v) is 11.6. The highest BCUT2D eigenvalue weighted by Gasteiger charge is 2.42. The van der Waals surface area contributed by atoms with Crippen LogP contribution in [0.25, 0.3) is 0 Å². The summed E-state index contributed by atoms with van der Waals surface area (Å²) in [6, 6.07) is 0. The minimum atomic E-state index is 0.163. The van der Waals surface area contributed by atoms with Gasteiger partial charge in [0.05, 0.1) is 6.10 Å². The van der Waals surface area contributed by atoms with E-state index < -0.39 is 0 Å². The second-order valence-electron chi connectivity index (χ2n) is 5.07. The van der Waals surface area contributed by atoms with Crippen LogP contribution in [-0.2, 0) is 17.7 Å². The molecule has 5 nitrogen and oxygen atoms in total. The molecule has 1 saturated heterocycles. The van der Waals surface area contributed by atoms with Gasteiger partial charge in [-0.25, -0.2) is 4.98 Å². The molecule has 0 aromatic carbocycles. The molecule has 1 fully saturated rings. The van der Waals surface area contributed by atoms with E-state index in [9.17, 15) is 0 Å². The number of hydrogen-bond donors (Lipinski definition) is 1. The van der Waals surface area contributed by atoms with E-state index in [0.29, 0.717) is 0 Å². The maximum atomic E-state index is 5.79. The highest BCUT2D eigenvalue weighted by Crippen LogP contribution is 2.37. The smallest absolute Gasteiger partial charge is 0.138 e. The Morgan fingerprint density at radius 2 is 2.39 bits per heavy atom. The molecule has 0 aliphatic carbocycles. The topological polar surface area (TPSA) is 52.0 Å². The summed E-state index contributed by atoms with van der Waals surface area (Å²) in [5.41, 5.74) is 0.163. The number of nitrogens with one attached hydrogen (secondary N) is 1. The van der Waals surface area contributed by atoms with E-state index in [4.69, 9.17) is 4.74 Å². The molecule has 1 aliphatic heterocycles. The van der Waals surface area contributed by atoms with Crippen LogP contribution in [0.3, 0.4) is 0 Å². The second-order valence-corrected chi connectivity index (χ2v) is 5.07. The van der Waals surface area contributed by atoms with Crippen LogP contribution in [0.5, 0.6) is 0 Å². The lowest BCUT2D eigenvalue weighted by Crippen LogP contribution is -2.42. The minimum Gasteiger partial charge on any atom is -0.378 e. The van der Waals surface area contributed by atoms with Gasteiger partial charge < -0.3 is 10.1 Å². The van der Waals surface area contributed by atoms with Gasteiger partial charge in [0.15, 0.2) is 0 Å². The maximum Gasteiger partial charge on any atom is 0.138 e. The van der Waals surface area contributed by atoms with E-state index in [2.05, 4.69) is 36.2 Å². The van der Waals surface area contributed by atoms with Crippen molar-refractivity contribution in [3.05, 3.63) is 12.2 Å². The summed E-state index contributed by atoms with van der Waals surface area (Å²) in [5, 5.41) is 7.73. The van der Waals surface area contributed by atoms with Crippen LogP contribution < -0.4 is 5.32 Å². The van der Waals surface area contributed by atoms with Crippen molar-refractivity contribution in [3.8, 4) is 0 Å². The predicted molar refractivity (Wildman–Crippen MR) is 70.4 cm³/mol. The zero-order chi connectivity index (χ0) is 13.0. The number of hydrogen-bond acceptors (Lipinski definition) is 4. The van der Waals surface area contributed by atoms with Crippen LogP contribution in [0.1, 0.15) is 33.0 Å². The van der Waals surface area contributed by atoms with Crippen molar-refractivity contribution in [3.63, 3.8) is 0 Å². The molecule has 2 atom stereocenters. The SMILES string of the molecule is CCNCC1(Cc2ncnn2CC)CCOC1C. The Labute approximate surface area is 109 Å². The fourth-order valence-corrected chi connectivity index (χ4v) is 2.72. The summed E-state index contributed by atoms with van der Waals surface area (Å²) in [4.78, 5) is 4.41. The summed E-state index contributed by atoms with van der Waals surface area (Å²) in [7, 11) is 0. The van der Waals surface area contributed by atoms with Gasteiger partial charge in [0.2, 0.25) is 0 Å². The summed E-state index contributed by atoms with van der Waals surface area (Å²) < 4.78 is 7.78. The molecule has 1 aromatic rings. The standard InChI is InChI=1S/C13H24N4O/c1-4-14-9-13(6-7-18-11(13)3)8-12-15-10-16-17(12)5-2/h10-11,14H,4-9H2,1-3H3. The Hall–Kier alpha value is -0.940. The number of rotatable bonds is 6. The molecule has 1 aliphatic rings. The van der Waals surface area contributed by atoms with Crippen LogP contribution in [0.2, 0.25) is 0 Å². The van der Waals surface area contributed by atoms with Crippen molar-refractivity contribution in [2.75, 3.05) is 19.7 Å². The van der Waals surface area contributed by atoms with Gasteiger partial charge in [0, 0.05) is 31.5 Å². The molecular weight excluding hydrogens is 228 g/mol. The van der Waals surface area contributed by atoms with Gasteiger partial charge in [-0.05, 0) is 26.8 Å². The van der Waals surface area contributed by atoms with Crippen molar-refractivity contribution in [2.24, 2.45) is 5.41 Å². The van der Waals surface area contributed by atoms with Gasteiger partial charge in [0.1, 0.15) is 12.2 Å². The van der Waals surface area contributed by atoms with Gasteiger partial charge in [-0.15, -0.1) is 0 Å². The lowest BCUT2D eigenvalue weighted by atomic mass is 9.78. The van der Waals surface area contributed by atoms with E-state index in [1.807, 2.05) is 4.68 Å². The van der Waals surface area contributed by atoms with Gasteiger partial charge >= 0.3 is 0 Å². The van der Waals surface area contributed by atoms with Gasteiger partial charge in [-0.2, -0.15) is 5.10 Å². The van der Waals surface area contributed by atoms with Gasteiger partial charge in [0.25, 0.3) is 0 Å². The first-order chi connectivity index (χ1) is 8.72. The normalized spacial score (nSPS) is 27.8. The summed E-state index contributed by atoms with van der Waals surface area (Å²) >= 11 is 0. The zero-order valence-electron chi connectivity index (χ0n) is 11.6. The number of nitrogens with zero attached hydrogens (tertiary/aromatic N) is 3. The lowest BCUT2D eigenvalue weighted by Gasteiger charge is -2.32. The summed E-state index contributed by atoms with van der Waals surface area (Å²) in [6.45, 7) is 10.1. The molecule has 0 saturated carbocycles. The number of aromatic nitrogens is 3. The monoisotopic (exact) mass is 252 g/mol. The van der Waals surface area contributed by atoms with Crippen LogP contribution in [0.4, 0.5) is 0 Å². The third kappa shape index (κ3) is 2.57. The van der Waals surface area contributed by atoms with Crippen molar-refractivity contribution >= 4 is 0 Å². The molecule has 2 heterocycles. The first-order valence-electron chi connectivity index (χ1n) is 6.91. The highest BCUT2D eigenvalue weighted by atomic mass is 16.5. The average Bonchev–Trinajstić information content (AvgIpc) is 2.95. The van der Waals surface area contributed by atoms with Crippen molar-refractivity contribution in [1.29, 1.82) is 0 Å². The molecule has 1 N–H and O–H groups in total. The molecule has 5 heteroatoms. The molecule has 0 radical (unpaired) electrons. The van der Waals surface area contributed by atoms with Crippen molar-refractivity contribution in [2.45, 2.75) is 46.3 Å². The molecule has 18 heavy (non-hydrogen) atoms. The fourth-order valence-electron chi connectivity index (χ4n) is 2.72. The Balaban J connectivity index is 2.15. The Kier molecular flexibility index (Phi) is 4.35. The maximum absolute atomic E-state index is 5.79. The minimum absolute atomic E-state index is 0.163.